The predicted octanol–water partition coefficient (Wildman–Crippen LogP) is 0.296. The number of hydrogen-bond acceptors (Lipinski definition) is 7. The normalized spacial score (nSPS) is 12.7. The number of nitriles is 1. The van der Waals surface area contributed by atoms with Crippen LogP contribution in [0.3, 0.4) is 0 Å². The molecule has 1 heterocycles. The smallest absolute Gasteiger partial charge is 0.210 e. The first-order chi connectivity index (χ1) is 7.71. The fourth-order valence-corrected chi connectivity index (χ4v) is 1.65. The van der Waals surface area contributed by atoms with E-state index in [1.807, 2.05) is 0 Å². The van der Waals surface area contributed by atoms with Gasteiger partial charge in [0, 0.05) is 14.2 Å². The first kappa shape index (κ1) is 12.9. The van der Waals surface area contributed by atoms with Gasteiger partial charge in [0.15, 0.2) is 6.29 Å². The molecule has 7 nitrogen and oxygen atoms in total. The van der Waals surface area contributed by atoms with Crippen molar-refractivity contribution in [3.63, 3.8) is 0 Å². The van der Waals surface area contributed by atoms with Gasteiger partial charge in [-0.05, 0) is 17.4 Å². The zero-order valence-corrected chi connectivity index (χ0v) is 10.1. The molecule has 0 aliphatic carbocycles. The Kier molecular flexibility index (Phi) is 5.18. The molecule has 1 atom stereocenters. The lowest BCUT2D eigenvalue weighted by atomic mass is 10.5. The molecule has 0 saturated heterocycles. The number of hydrogen-bond donors (Lipinski definition) is 0. The van der Waals surface area contributed by atoms with Crippen molar-refractivity contribution in [1.82, 2.24) is 20.2 Å². The molecule has 0 aliphatic rings. The van der Waals surface area contributed by atoms with Crippen LogP contribution in [0.1, 0.15) is 6.92 Å². The van der Waals surface area contributed by atoms with Gasteiger partial charge in [0.2, 0.25) is 5.16 Å². The third kappa shape index (κ3) is 3.44. The van der Waals surface area contributed by atoms with E-state index >= 15 is 0 Å². The van der Waals surface area contributed by atoms with Crippen molar-refractivity contribution in [2.24, 2.45) is 0 Å². The molecule has 0 bridgehead atoms. The quantitative estimate of drug-likeness (QED) is 0.524. The fourth-order valence-electron chi connectivity index (χ4n) is 0.966. The van der Waals surface area contributed by atoms with Crippen LogP contribution in [-0.2, 0) is 16.0 Å². The molecule has 0 N–H and O–H groups in total. The number of aromatic nitrogens is 4. The Morgan fingerprint density at radius 2 is 2.19 bits per heavy atom. The first-order valence-electron chi connectivity index (χ1n) is 4.59. The van der Waals surface area contributed by atoms with Gasteiger partial charge in [0.05, 0.1) is 17.9 Å². The van der Waals surface area contributed by atoms with Crippen LogP contribution in [0.25, 0.3) is 0 Å². The second-order valence-corrected chi connectivity index (χ2v) is 4.24. The van der Waals surface area contributed by atoms with E-state index in [0.29, 0.717) is 11.7 Å². The standard InChI is InChI=1S/C8H13N5O2S/c1-6(4-9)16-8-10-11-12-13(8)5-7(14-2)15-3/h6-7H,5H2,1-3H3. The molecular weight excluding hydrogens is 230 g/mol. The monoisotopic (exact) mass is 243 g/mol. The van der Waals surface area contributed by atoms with Gasteiger partial charge in [-0.3, -0.25) is 0 Å². The van der Waals surface area contributed by atoms with Crippen molar-refractivity contribution in [2.75, 3.05) is 14.2 Å². The van der Waals surface area contributed by atoms with Crippen molar-refractivity contribution >= 4 is 11.8 Å². The summed E-state index contributed by atoms with van der Waals surface area (Å²) in [6, 6.07) is 2.10. The van der Waals surface area contributed by atoms with Gasteiger partial charge in [0.25, 0.3) is 0 Å². The minimum atomic E-state index is -0.403. The highest BCUT2D eigenvalue weighted by atomic mass is 32.2. The number of methoxy groups -OCH3 is 2. The molecule has 1 rings (SSSR count). The Bertz CT molecular complexity index is 360. The van der Waals surface area contributed by atoms with Crippen LogP contribution in [0.4, 0.5) is 0 Å². The molecule has 1 aromatic rings. The molecule has 0 aliphatic heterocycles. The van der Waals surface area contributed by atoms with E-state index < -0.39 is 6.29 Å². The third-order valence-electron chi connectivity index (χ3n) is 1.81. The summed E-state index contributed by atoms with van der Waals surface area (Å²) in [6.07, 6.45) is -0.403. The highest BCUT2D eigenvalue weighted by molar-refractivity contribution is 8.00. The van der Waals surface area contributed by atoms with Crippen LogP contribution in [0, 0.1) is 11.3 Å². The van der Waals surface area contributed by atoms with Gasteiger partial charge in [-0.25, -0.2) is 4.68 Å². The lowest BCUT2D eigenvalue weighted by molar-refractivity contribution is -0.113. The summed E-state index contributed by atoms with van der Waals surface area (Å²) in [5.41, 5.74) is 0. The maximum absolute atomic E-state index is 8.70. The van der Waals surface area contributed by atoms with Crippen molar-refractivity contribution in [2.45, 2.75) is 30.2 Å². The lowest BCUT2D eigenvalue weighted by Crippen LogP contribution is -2.22. The molecular formula is C8H13N5O2S. The van der Waals surface area contributed by atoms with Crippen LogP contribution in [0.15, 0.2) is 5.16 Å². The Morgan fingerprint density at radius 1 is 1.50 bits per heavy atom. The summed E-state index contributed by atoms with van der Waals surface area (Å²) in [5, 5.41) is 20.3. The van der Waals surface area contributed by atoms with Gasteiger partial charge in [-0.2, -0.15) is 5.26 Å². The van der Waals surface area contributed by atoms with Gasteiger partial charge < -0.3 is 9.47 Å². The highest BCUT2D eigenvalue weighted by Gasteiger charge is 2.15. The van der Waals surface area contributed by atoms with E-state index in [9.17, 15) is 0 Å². The molecule has 1 aromatic heterocycles. The third-order valence-corrected chi connectivity index (χ3v) is 2.77. The Morgan fingerprint density at radius 3 is 2.75 bits per heavy atom. The summed E-state index contributed by atoms with van der Waals surface area (Å²) < 4.78 is 11.6. The molecule has 16 heavy (non-hydrogen) atoms. The molecule has 0 saturated carbocycles. The zero-order chi connectivity index (χ0) is 12.0. The van der Waals surface area contributed by atoms with Crippen LogP contribution in [-0.4, -0.2) is 46.0 Å². The zero-order valence-electron chi connectivity index (χ0n) is 9.32. The number of thioether (sulfide) groups is 1. The summed E-state index contributed by atoms with van der Waals surface area (Å²) in [7, 11) is 3.09. The fraction of sp³-hybridized carbons (Fsp3) is 0.750. The van der Waals surface area contributed by atoms with Gasteiger partial charge in [-0.1, -0.05) is 11.8 Å². The van der Waals surface area contributed by atoms with Crippen molar-refractivity contribution < 1.29 is 9.47 Å². The van der Waals surface area contributed by atoms with Crippen LogP contribution in [0.5, 0.6) is 0 Å². The van der Waals surface area contributed by atoms with E-state index in [1.165, 1.54) is 11.8 Å². The summed E-state index contributed by atoms with van der Waals surface area (Å²) in [5.74, 6) is 0. The number of ether oxygens (including phenoxy) is 2. The van der Waals surface area contributed by atoms with Crippen LogP contribution >= 0.6 is 11.8 Å². The maximum atomic E-state index is 8.70. The van der Waals surface area contributed by atoms with Crippen molar-refractivity contribution in [3.8, 4) is 6.07 Å². The van der Waals surface area contributed by atoms with Crippen molar-refractivity contribution in [1.29, 1.82) is 5.26 Å². The minimum absolute atomic E-state index is 0.201. The lowest BCUT2D eigenvalue weighted by Gasteiger charge is -2.13. The van der Waals surface area contributed by atoms with Crippen LogP contribution in [0.2, 0.25) is 0 Å². The molecule has 0 amide bonds. The number of nitrogens with zero attached hydrogens (tertiary/aromatic N) is 5. The van der Waals surface area contributed by atoms with Crippen molar-refractivity contribution in [3.05, 3.63) is 0 Å². The first-order valence-corrected chi connectivity index (χ1v) is 5.47. The SMILES string of the molecule is COC(Cn1nnnc1SC(C)C#N)OC. The maximum Gasteiger partial charge on any atom is 0.210 e. The van der Waals surface area contributed by atoms with E-state index in [2.05, 4.69) is 21.6 Å². The summed E-state index contributed by atoms with van der Waals surface area (Å²) in [6.45, 7) is 2.17. The van der Waals surface area contributed by atoms with E-state index in [-0.39, 0.29) is 5.25 Å². The number of tetrazole rings is 1. The molecule has 0 fully saturated rings. The van der Waals surface area contributed by atoms with Gasteiger partial charge >= 0.3 is 0 Å². The molecule has 1 unspecified atom stereocenters. The molecule has 0 aromatic carbocycles. The average molecular weight is 243 g/mol. The van der Waals surface area contributed by atoms with Crippen LogP contribution < -0.4 is 0 Å². The molecule has 0 radical (unpaired) electrons. The average Bonchev–Trinajstić information content (AvgIpc) is 2.73. The van der Waals surface area contributed by atoms with E-state index in [0.717, 1.165) is 0 Å². The topological polar surface area (TPSA) is 85.9 Å². The van der Waals surface area contributed by atoms with E-state index in [4.69, 9.17) is 14.7 Å². The Hall–Kier alpha value is -1.17. The van der Waals surface area contributed by atoms with Gasteiger partial charge in [-0.15, -0.1) is 5.10 Å². The highest BCUT2D eigenvalue weighted by Crippen LogP contribution is 2.19. The largest absolute Gasteiger partial charge is 0.354 e. The Labute approximate surface area is 97.7 Å². The molecule has 8 heteroatoms. The minimum Gasteiger partial charge on any atom is -0.354 e. The summed E-state index contributed by atoms with van der Waals surface area (Å²) in [4.78, 5) is 0. The van der Waals surface area contributed by atoms with Gasteiger partial charge in [0.1, 0.15) is 0 Å². The second-order valence-electron chi connectivity index (χ2n) is 2.93. The molecule has 0 spiro atoms. The predicted molar refractivity (Wildman–Crippen MR) is 56.6 cm³/mol. The molecule has 88 valence electrons. The second kappa shape index (κ2) is 6.42. The Balaban J connectivity index is 2.67. The van der Waals surface area contributed by atoms with E-state index in [1.54, 1.807) is 25.8 Å². The number of rotatable bonds is 6. The summed E-state index contributed by atoms with van der Waals surface area (Å²) >= 11 is 1.29.